The molecule has 0 radical (unpaired) electrons. The predicted octanol–water partition coefficient (Wildman–Crippen LogP) is 5.54. The molecule has 1 aliphatic rings. The molecule has 0 spiro atoms. The molecule has 1 aliphatic heterocycles. The number of anilines is 3. The first-order valence-corrected chi connectivity index (χ1v) is 12.8. The van der Waals surface area contributed by atoms with E-state index < -0.39 is 17.7 Å². The minimum absolute atomic E-state index is 0.0318. The lowest BCUT2D eigenvalue weighted by atomic mass is 9.94. The van der Waals surface area contributed by atoms with Gasteiger partial charge in [-0.2, -0.15) is 0 Å². The summed E-state index contributed by atoms with van der Waals surface area (Å²) in [5, 5.41) is 11.5. The Hall–Kier alpha value is -4.26. The molecular formula is C31H35N3O4. The zero-order valence-corrected chi connectivity index (χ0v) is 22.9. The normalized spacial score (nSPS) is 16.6. The van der Waals surface area contributed by atoms with Crippen LogP contribution in [0.5, 0.6) is 5.75 Å². The largest absolute Gasteiger partial charge is 0.507 e. The van der Waals surface area contributed by atoms with Crippen molar-refractivity contribution in [3.05, 3.63) is 89.0 Å². The van der Waals surface area contributed by atoms with E-state index in [0.717, 1.165) is 35.6 Å². The van der Waals surface area contributed by atoms with Crippen LogP contribution in [-0.4, -0.2) is 51.1 Å². The van der Waals surface area contributed by atoms with Gasteiger partial charge in [0, 0.05) is 44.2 Å². The molecule has 7 nitrogen and oxygen atoms in total. The van der Waals surface area contributed by atoms with Crippen LogP contribution >= 0.6 is 0 Å². The van der Waals surface area contributed by atoms with Gasteiger partial charge in [-0.3, -0.25) is 14.5 Å². The molecule has 1 N–H and O–H groups in total. The predicted molar refractivity (Wildman–Crippen MR) is 153 cm³/mol. The molecule has 1 saturated heterocycles. The second-order valence-electron chi connectivity index (χ2n) is 9.55. The van der Waals surface area contributed by atoms with E-state index >= 15 is 0 Å². The molecule has 1 atom stereocenters. The minimum atomic E-state index is -0.810. The van der Waals surface area contributed by atoms with Gasteiger partial charge in [0.1, 0.15) is 11.5 Å². The van der Waals surface area contributed by atoms with E-state index in [1.807, 2.05) is 80.5 Å². The number of carbonyl (C=O) groups excluding carboxylic acids is 2. The number of Topliss-reactive ketones (excluding diaryl/α,β-unsaturated/α-hetero) is 1. The Morgan fingerprint density at radius 3 is 2.08 bits per heavy atom. The monoisotopic (exact) mass is 513 g/mol. The van der Waals surface area contributed by atoms with Crippen molar-refractivity contribution in [3.8, 4) is 5.75 Å². The van der Waals surface area contributed by atoms with Gasteiger partial charge < -0.3 is 19.6 Å². The van der Waals surface area contributed by atoms with E-state index in [2.05, 4.69) is 18.7 Å². The summed E-state index contributed by atoms with van der Waals surface area (Å²) in [6.07, 6.45) is 0. The third-order valence-electron chi connectivity index (χ3n) is 7.04. The van der Waals surface area contributed by atoms with Crippen molar-refractivity contribution in [2.45, 2.75) is 26.8 Å². The van der Waals surface area contributed by atoms with Gasteiger partial charge in [-0.05, 0) is 74.9 Å². The summed E-state index contributed by atoms with van der Waals surface area (Å²) in [5.74, 6) is -1.26. The average molecular weight is 514 g/mol. The van der Waals surface area contributed by atoms with E-state index in [1.165, 1.54) is 12.0 Å². The van der Waals surface area contributed by atoms with Crippen LogP contribution < -0.4 is 19.4 Å². The number of hydrogen-bond acceptors (Lipinski definition) is 6. The second-order valence-corrected chi connectivity index (χ2v) is 9.55. The van der Waals surface area contributed by atoms with Crippen LogP contribution in [0.3, 0.4) is 0 Å². The molecule has 0 saturated carbocycles. The number of nitrogens with zero attached hydrogens (tertiary/aromatic N) is 3. The molecule has 7 heteroatoms. The minimum Gasteiger partial charge on any atom is -0.507 e. The van der Waals surface area contributed by atoms with Crippen molar-refractivity contribution in [2.24, 2.45) is 0 Å². The molecule has 4 rings (SSSR count). The molecule has 198 valence electrons. The smallest absolute Gasteiger partial charge is 0.300 e. The van der Waals surface area contributed by atoms with Crippen molar-refractivity contribution in [3.63, 3.8) is 0 Å². The van der Waals surface area contributed by atoms with Gasteiger partial charge in [0.15, 0.2) is 0 Å². The number of ether oxygens (including phenoxy) is 1. The van der Waals surface area contributed by atoms with Gasteiger partial charge in [-0.25, -0.2) is 0 Å². The Morgan fingerprint density at radius 1 is 0.921 bits per heavy atom. The highest BCUT2D eigenvalue weighted by Gasteiger charge is 2.47. The number of ketones is 1. The molecule has 0 bridgehead atoms. The van der Waals surface area contributed by atoms with Crippen molar-refractivity contribution in [2.75, 3.05) is 49.0 Å². The highest BCUT2D eigenvalue weighted by Crippen LogP contribution is 2.44. The SMILES string of the molecule is CCN(CC)c1ccc(N2C(=O)C(=O)/C(=C(/O)c3cc(C)ccc3OC)C2c2ccc(N(C)C)cc2)cc1. The summed E-state index contributed by atoms with van der Waals surface area (Å²) in [7, 11) is 5.40. The van der Waals surface area contributed by atoms with Crippen LogP contribution in [0.25, 0.3) is 5.76 Å². The number of aliphatic hydroxyl groups is 1. The molecule has 1 heterocycles. The maximum atomic E-state index is 13.5. The van der Waals surface area contributed by atoms with Gasteiger partial charge in [-0.1, -0.05) is 23.8 Å². The van der Waals surface area contributed by atoms with E-state index in [0.29, 0.717) is 17.0 Å². The van der Waals surface area contributed by atoms with Crippen LogP contribution in [0, 0.1) is 6.92 Å². The van der Waals surface area contributed by atoms with Gasteiger partial charge in [-0.15, -0.1) is 0 Å². The Labute approximate surface area is 224 Å². The maximum absolute atomic E-state index is 13.5. The topological polar surface area (TPSA) is 73.3 Å². The number of amides is 1. The number of rotatable bonds is 8. The maximum Gasteiger partial charge on any atom is 0.300 e. The number of hydrogen-bond donors (Lipinski definition) is 1. The van der Waals surface area contributed by atoms with E-state index in [9.17, 15) is 14.7 Å². The number of methoxy groups -OCH3 is 1. The van der Waals surface area contributed by atoms with Crippen LogP contribution in [0.2, 0.25) is 0 Å². The van der Waals surface area contributed by atoms with E-state index in [4.69, 9.17) is 4.74 Å². The van der Waals surface area contributed by atoms with Crippen molar-refractivity contribution in [1.82, 2.24) is 0 Å². The highest BCUT2D eigenvalue weighted by molar-refractivity contribution is 6.51. The first kappa shape index (κ1) is 26.8. The van der Waals surface area contributed by atoms with E-state index in [-0.39, 0.29) is 11.3 Å². The molecule has 1 fully saturated rings. The zero-order chi connectivity index (χ0) is 27.6. The van der Waals surface area contributed by atoms with Crippen LogP contribution in [-0.2, 0) is 9.59 Å². The molecule has 0 aromatic heterocycles. The fourth-order valence-electron chi connectivity index (χ4n) is 4.93. The number of carbonyl (C=O) groups is 2. The second kappa shape index (κ2) is 11.0. The lowest BCUT2D eigenvalue weighted by Gasteiger charge is -2.27. The number of benzene rings is 3. The van der Waals surface area contributed by atoms with E-state index in [1.54, 1.807) is 12.1 Å². The quantitative estimate of drug-likeness (QED) is 0.242. The highest BCUT2D eigenvalue weighted by atomic mass is 16.5. The lowest BCUT2D eigenvalue weighted by Crippen LogP contribution is -2.29. The zero-order valence-electron chi connectivity index (χ0n) is 22.9. The van der Waals surface area contributed by atoms with Crippen LogP contribution in [0.15, 0.2) is 72.3 Å². The fourth-order valence-corrected chi connectivity index (χ4v) is 4.93. The number of aryl methyl sites for hydroxylation is 1. The average Bonchev–Trinajstić information content (AvgIpc) is 3.19. The van der Waals surface area contributed by atoms with Gasteiger partial charge in [0.2, 0.25) is 0 Å². The summed E-state index contributed by atoms with van der Waals surface area (Å²) in [4.78, 5) is 32.8. The summed E-state index contributed by atoms with van der Waals surface area (Å²) < 4.78 is 5.48. The molecule has 1 unspecified atom stereocenters. The third kappa shape index (κ3) is 4.84. The Balaban J connectivity index is 1.91. The fraction of sp³-hybridized carbons (Fsp3) is 0.290. The first-order valence-electron chi connectivity index (χ1n) is 12.8. The van der Waals surface area contributed by atoms with Crippen LogP contribution in [0.1, 0.15) is 36.6 Å². The summed E-state index contributed by atoms with van der Waals surface area (Å²) in [6, 6.07) is 19.8. The molecular weight excluding hydrogens is 478 g/mol. The summed E-state index contributed by atoms with van der Waals surface area (Å²) in [5.41, 5.74) is 4.61. The Kier molecular flexibility index (Phi) is 7.76. The summed E-state index contributed by atoms with van der Waals surface area (Å²) in [6.45, 7) is 7.79. The Morgan fingerprint density at radius 2 is 1.53 bits per heavy atom. The summed E-state index contributed by atoms with van der Waals surface area (Å²) >= 11 is 0. The standard InChI is InChI=1S/C31H35N3O4/c1-7-33(8-2)23-14-16-24(17-15-23)34-28(21-10-12-22(13-11-21)32(4)5)27(30(36)31(34)37)29(35)25-19-20(3)9-18-26(25)38-6/h9-19,28,35H,7-8H2,1-6H3/b29-27+. The van der Waals surface area contributed by atoms with Crippen molar-refractivity contribution < 1.29 is 19.4 Å². The van der Waals surface area contributed by atoms with Crippen LogP contribution in [0.4, 0.5) is 17.1 Å². The third-order valence-corrected chi connectivity index (χ3v) is 7.04. The van der Waals surface area contributed by atoms with Gasteiger partial charge in [0.05, 0.1) is 24.3 Å². The number of aliphatic hydroxyl groups excluding tert-OH is 1. The van der Waals surface area contributed by atoms with Crippen molar-refractivity contribution in [1.29, 1.82) is 0 Å². The Bertz CT molecular complexity index is 1360. The van der Waals surface area contributed by atoms with Crippen molar-refractivity contribution >= 4 is 34.5 Å². The molecule has 0 aliphatic carbocycles. The van der Waals surface area contributed by atoms with Gasteiger partial charge >= 0.3 is 0 Å². The van der Waals surface area contributed by atoms with Gasteiger partial charge in [0.25, 0.3) is 11.7 Å². The molecule has 1 amide bonds. The molecule has 3 aromatic rings. The molecule has 3 aromatic carbocycles. The first-order chi connectivity index (χ1) is 18.2. The lowest BCUT2D eigenvalue weighted by molar-refractivity contribution is -0.132. The molecule has 38 heavy (non-hydrogen) atoms.